The van der Waals surface area contributed by atoms with Gasteiger partial charge in [-0.15, -0.1) is 11.3 Å². The van der Waals surface area contributed by atoms with Crippen LogP contribution in [0.3, 0.4) is 0 Å². The molecule has 2 aromatic rings. The van der Waals surface area contributed by atoms with Crippen molar-refractivity contribution in [3.8, 4) is 0 Å². The van der Waals surface area contributed by atoms with E-state index in [0.717, 1.165) is 10.9 Å². The summed E-state index contributed by atoms with van der Waals surface area (Å²) in [6.07, 6.45) is 0. The topological polar surface area (TPSA) is 84.3 Å². The number of thiophene rings is 1. The summed E-state index contributed by atoms with van der Waals surface area (Å²) in [6, 6.07) is 0. The summed E-state index contributed by atoms with van der Waals surface area (Å²) in [5.41, 5.74) is 0.740. The van der Waals surface area contributed by atoms with Crippen molar-refractivity contribution in [2.45, 2.75) is 6.92 Å². The number of nitrogens with one attached hydrogen (secondary N) is 1. The fraction of sp³-hybridized carbons (Fsp3) is 0.364. The van der Waals surface area contributed by atoms with Crippen LogP contribution < -0.4 is 5.32 Å². The highest BCUT2D eigenvalue weighted by Crippen LogP contribution is 2.34. The van der Waals surface area contributed by atoms with Gasteiger partial charge in [0.25, 0.3) is 0 Å². The number of esters is 1. The van der Waals surface area contributed by atoms with Gasteiger partial charge in [-0.1, -0.05) is 0 Å². The average Bonchev–Trinajstić information content (AvgIpc) is 2.72. The Morgan fingerprint density at radius 1 is 1.53 bits per heavy atom. The van der Waals surface area contributed by atoms with E-state index in [1.54, 1.807) is 6.92 Å². The third kappa shape index (κ3) is 2.63. The van der Waals surface area contributed by atoms with E-state index in [9.17, 15) is 4.79 Å². The molecule has 19 heavy (non-hydrogen) atoms. The molecule has 0 saturated heterocycles. The molecule has 6 nitrogen and oxygen atoms in total. The van der Waals surface area contributed by atoms with E-state index >= 15 is 0 Å². The summed E-state index contributed by atoms with van der Waals surface area (Å²) in [4.78, 5) is 20.9. The number of hydrogen-bond acceptors (Lipinski definition) is 7. The molecule has 0 spiro atoms. The van der Waals surface area contributed by atoms with Gasteiger partial charge in [0.05, 0.1) is 19.1 Å². The fourth-order valence-electron chi connectivity index (χ4n) is 1.70. The van der Waals surface area contributed by atoms with Crippen LogP contribution in [0.4, 0.5) is 5.82 Å². The second-order valence-corrected chi connectivity index (χ2v) is 5.06. The maximum absolute atomic E-state index is 11.7. The van der Waals surface area contributed by atoms with E-state index in [-0.39, 0.29) is 11.9 Å². The van der Waals surface area contributed by atoms with Crippen molar-refractivity contribution in [2.24, 2.45) is 0 Å². The number of hydrogen-bond donors (Lipinski definition) is 2. The number of aliphatic hydroxyl groups is 1. The molecule has 0 aliphatic carbocycles. The standard InChI is InChI=1S/C11H12ClN3O3S/c1-5-6-8(13-3-4-16)14-11(12)15-9(6)19-7(5)10(17)18-2/h16H,3-4H2,1-2H3,(H,13,14,15). The van der Waals surface area contributed by atoms with Gasteiger partial charge in [-0.2, -0.15) is 0 Å². The van der Waals surface area contributed by atoms with Crippen molar-refractivity contribution < 1.29 is 14.6 Å². The number of ether oxygens (including phenoxy) is 1. The van der Waals surface area contributed by atoms with Gasteiger partial charge in [-0.25, -0.2) is 14.8 Å². The van der Waals surface area contributed by atoms with Crippen LogP contribution in [0.5, 0.6) is 0 Å². The van der Waals surface area contributed by atoms with E-state index in [1.165, 1.54) is 18.4 Å². The zero-order valence-corrected chi connectivity index (χ0v) is 11.9. The van der Waals surface area contributed by atoms with E-state index in [4.69, 9.17) is 21.4 Å². The minimum atomic E-state index is -0.412. The lowest BCUT2D eigenvalue weighted by atomic mass is 10.2. The first kappa shape index (κ1) is 14.0. The number of nitrogens with zero attached hydrogens (tertiary/aromatic N) is 2. The molecule has 2 rings (SSSR count). The first-order valence-corrected chi connectivity index (χ1v) is 6.67. The molecule has 0 amide bonds. The molecule has 0 atom stereocenters. The van der Waals surface area contributed by atoms with Gasteiger partial charge >= 0.3 is 5.97 Å². The van der Waals surface area contributed by atoms with Gasteiger partial charge in [0.2, 0.25) is 5.28 Å². The molecule has 8 heteroatoms. The first-order chi connectivity index (χ1) is 9.08. The van der Waals surface area contributed by atoms with Gasteiger partial charge in [0.15, 0.2) is 0 Å². The highest BCUT2D eigenvalue weighted by Gasteiger charge is 2.20. The van der Waals surface area contributed by atoms with E-state index in [2.05, 4.69) is 15.3 Å². The molecule has 2 heterocycles. The molecule has 0 saturated carbocycles. The summed E-state index contributed by atoms with van der Waals surface area (Å²) in [6.45, 7) is 2.11. The summed E-state index contributed by atoms with van der Waals surface area (Å²) in [5, 5.41) is 12.6. The molecule has 0 aromatic carbocycles. The number of aromatic nitrogens is 2. The molecular weight excluding hydrogens is 290 g/mol. The number of rotatable bonds is 4. The summed E-state index contributed by atoms with van der Waals surface area (Å²) >= 11 is 7.05. The van der Waals surface area contributed by atoms with Crippen LogP contribution >= 0.6 is 22.9 Å². The Labute approximate surface area is 118 Å². The molecule has 2 N–H and O–H groups in total. The van der Waals surface area contributed by atoms with E-state index < -0.39 is 5.97 Å². The van der Waals surface area contributed by atoms with Crippen molar-refractivity contribution in [1.29, 1.82) is 0 Å². The van der Waals surface area contributed by atoms with Crippen molar-refractivity contribution >= 4 is 44.9 Å². The Kier molecular flexibility index (Phi) is 4.18. The Balaban J connectivity index is 2.61. The van der Waals surface area contributed by atoms with Crippen molar-refractivity contribution in [3.63, 3.8) is 0 Å². The van der Waals surface area contributed by atoms with E-state index in [0.29, 0.717) is 22.1 Å². The third-order valence-corrected chi connectivity index (χ3v) is 3.87. The molecule has 0 radical (unpaired) electrons. The van der Waals surface area contributed by atoms with Gasteiger partial charge in [-0.05, 0) is 24.1 Å². The predicted molar refractivity (Wildman–Crippen MR) is 74.1 cm³/mol. The van der Waals surface area contributed by atoms with Gasteiger partial charge < -0.3 is 15.2 Å². The first-order valence-electron chi connectivity index (χ1n) is 5.48. The van der Waals surface area contributed by atoms with Gasteiger partial charge in [-0.3, -0.25) is 0 Å². The number of aryl methyl sites for hydroxylation is 1. The number of anilines is 1. The van der Waals surface area contributed by atoms with Crippen LogP contribution in [0, 0.1) is 6.92 Å². The molecule has 0 unspecified atom stereocenters. The number of aliphatic hydroxyl groups excluding tert-OH is 1. The molecule has 2 aromatic heterocycles. The van der Waals surface area contributed by atoms with Crippen LogP contribution in [0.1, 0.15) is 15.2 Å². The minimum Gasteiger partial charge on any atom is -0.465 e. The minimum absolute atomic E-state index is 0.0316. The van der Waals surface area contributed by atoms with Crippen LogP contribution in [-0.4, -0.2) is 41.3 Å². The van der Waals surface area contributed by atoms with Crippen LogP contribution in [-0.2, 0) is 4.74 Å². The summed E-state index contributed by atoms with van der Waals surface area (Å²) in [7, 11) is 1.33. The van der Waals surface area contributed by atoms with Crippen molar-refractivity contribution in [1.82, 2.24) is 9.97 Å². The molecule has 0 aliphatic rings. The summed E-state index contributed by atoms with van der Waals surface area (Å²) in [5.74, 6) is 0.0951. The van der Waals surface area contributed by atoms with Crippen LogP contribution in [0.15, 0.2) is 0 Å². The lowest BCUT2D eigenvalue weighted by Crippen LogP contribution is -2.08. The smallest absolute Gasteiger partial charge is 0.348 e. The number of carbonyl (C=O) groups excluding carboxylic acids is 1. The Bertz CT molecular complexity index is 629. The fourth-order valence-corrected chi connectivity index (χ4v) is 3.02. The predicted octanol–water partition coefficient (Wildman–Crippen LogP) is 1.84. The lowest BCUT2D eigenvalue weighted by Gasteiger charge is -2.06. The SMILES string of the molecule is COC(=O)c1sc2nc(Cl)nc(NCCO)c2c1C. The quantitative estimate of drug-likeness (QED) is 0.662. The van der Waals surface area contributed by atoms with Gasteiger partial charge in [0, 0.05) is 6.54 Å². The zero-order chi connectivity index (χ0) is 14.0. The van der Waals surface area contributed by atoms with Crippen molar-refractivity contribution in [3.05, 3.63) is 15.7 Å². The normalized spacial score (nSPS) is 10.7. The number of methoxy groups -OCH3 is 1. The molecular formula is C11H12ClN3O3S. The Morgan fingerprint density at radius 3 is 2.89 bits per heavy atom. The number of carbonyl (C=O) groups is 1. The Morgan fingerprint density at radius 2 is 2.26 bits per heavy atom. The number of halogens is 1. The van der Waals surface area contributed by atoms with Crippen LogP contribution in [0.2, 0.25) is 5.28 Å². The highest BCUT2D eigenvalue weighted by molar-refractivity contribution is 7.20. The van der Waals surface area contributed by atoms with Crippen molar-refractivity contribution in [2.75, 3.05) is 25.6 Å². The molecule has 0 aliphatic heterocycles. The summed E-state index contributed by atoms with van der Waals surface area (Å²) < 4.78 is 4.73. The molecule has 0 fully saturated rings. The maximum Gasteiger partial charge on any atom is 0.348 e. The van der Waals surface area contributed by atoms with E-state index in [1.807, 2.05) is 0 Å². The third-order valence-electron chi connectivity index (χ3n) is 2.54. The molecule has 102 valence electrons. The van der Waals surface area contributed by atoms with Crippen LogP contribution in [0.25, 0.3) is 10.2 Å². The maximum atomic E-state index is 11.7. The molecule has 0 bridgehead atoms. The zero-order valence-electron chi connectivity index (χ0n) is 10.4. The van der Waals surface area contributed by atoms with Gasteiger partial charge in [0.1, 0.15) is 15.5 Å². The Hall–Kier alpha value is -1.44. The second-order valence-electron chi connectivity index (χ2n) is 3.72. The monoisotopic (exact) mass is 301 g/mol. The highest BCUT2D eigenvalue weighted by atomic mass is 35.5. The average molecular weight is 302 g/mol. The largest absolute Gasteiger partial charge is 0.465 e. The number of fused-ring (bicyclic) bond motifs is 1. The lowest BCUT2D eigenvalue weighted by molar-refractivity contribution is 0.0605. The second kappa shape index (κ2) is 5.68.